The van der Waals surface area contributed by atoms with Crippen molar-refractivity contribution >= 4 is 15.7 Å². The molecule has 1 saturated heterocycles. The molecular weight excluding hydrogens is 240 g/mol. The minimum Gasteiger partial charge on any atom is -0.389 e. The molecule has 1 fully saturated rings. The van der Waals surface area contributed by atoms with E-state index in [1.54, 1.807) is 19.2 Å². The predicted molar refractivity (Wildman–Crippen MR) is 65.7 cm³/mol. The molecule has 0 aromatic carbocycles. The summed E-state index contributed by atoms with van der Waals surface area (Å²) in [6, 6.07) is 3.57. The van der Waals surface area contributed by atoms with Gasteiger partial charge in [-0.1, -0.05) is 0 Å². The Hall–Kier alpha value is -1.14. The van der Waals surface area contributed by atoms with Gasteiger partial charge in [0.05, 0.1) is 17.6 Å². The highest BCUT2D eigenvalue weighted by Crippen LogP contribution is 2.19. The summed E-state index contributed by atoms with van der Waals surface area (Å²) in [4.78, 5) is 6.15. The van der Waals surface area contributed by atoms with Crippen LogP contribution in [-0.4, -0.2) is 43.1 Å². The van der Waals surface area contributed by atoms with E-state index in [0.29, 0.717) is 13.1 Å². The predicted octanol–water partition coefficient (Wildman–Crippen LogP) is 0.370. The minimum absolute atomic E-state index is 0.174. The molecule has 1 aliphatic heterocycles. The maximum absolute atomic E-state index is 11.3. The van der Waals surface area contributed by atoms with Gasteiger partial charge in [-0.3, -0.25) is 0 Å². The first-order chi connectivity index (χ1) is 7.98. The van der Waals surface area contributed by atoms with Crippen molar-refractivity contribution in [2.75, 3.05) is 29.5 Å². The monoisotopic (exact) mass is 256 g/mol. The lowest BCUT2D eigenvalue weighted by molar-refractivity contribution is 0.199. The Kier molecular flexibility index (Phi) is 3.35. The van der Waals surface area contributed by atoms with Gasteiger partial charge in [-0.05, 0) is 24.6 Å². The molecule has 1 N–H and O–H groups in total. The summed E-state index contributed by atoms with van der Waals surface area (Å²) in [6.45, 7) is 2.64. The smallest absolute Gasteiger partial charge is 0.153 e. The largest absolute Gasteiger partial charge is 0.389 e. The van der Waals surface area contributed by atoms with E-state index in [2.05, 4.69) is 4.98 Å². The first-order valence-corrected chi connectivity index (χ1v) is 7.39. The number of aromatic nitrogens is 1. The normalized spacial score (nSPS) is 21.2. The summed E-state index contributed by atoms with van der Waals surface area (Å²) in [7, 11) is -2.87. The third-order valence-corrected chi connectivity index (χ3v) is 4.53. The Labute approximate surface area is 101 Å². The first kappa shape index (κ1) is 12.3. The van der Waals surface area contributed by atoms with Gasteiger partial charge in [-0.15, -0.1) is 0 Å². The quantitative estimate of drug-likeness (QED) is 0.828. The Morgan fingerprint density at radius 1 is 1.41 bits per heavy atom. The van der Waals surface area contributed by atoms with Crippen LogP contribution >= 0.6 is 0 Å². The number of sulfone groups is 1. The molecule has 6 heteroatoms. The van der Waals surface area contributed by atoms with E-state index in [-0.39, 0.29) is 11.5 Å². The molecule has 1 aromatic rings. The lowest BCUT2D eigenvalue weighted by Crippen LogP contribution is -2.40. The van der Waals surface area contributed by atoms with Crippen molar-refractivity contribution < 1.29 is 13.5 Å². The van der Waals surface area contributed by atoms with E-state index in [1.807, 2.05) is 11.0 Å². The van der Waals surface area contributed by atoms with E-state index in [4.69, 9.17) is 0 Å². The Balaban J connectivity index is 2.16. The summed E-state index contributed by atoms with van der Waals surface area (Å²) in [6.07, 6.45) is 1.10. The summed E-state index contributed by atoms with van der Waals surface area (Å²) in [5.41, 5.74) is 0.795. The van der Waals surface area contributed by atoms with E-state index in [0.717, 1.165) is 11.4 Å². The standard InChI is InChI=1S/C11H16N2O3S/c1-9(14)10-2-3-12-11(8-10)13-4-6-17(15,16)7-5-13/h2-3,8-9,14H,4-7H2,1H3. The van der Waals surface area contributed by atoms with Gasteiger partial charge in [-0.25, -0.2) is 13.4 Å². The number of nitrogens with zero attached hydrogens (tertiary/aromatic N) is 2. The Morgan fingerprint density at radius 3 is 2.65 bits per heavy atom. The van der Waals surface area contributed by atoms with Crippen molar-refractivity contribution in [3.8, 4) is 0 Å². The van der Waals surface area contributed by atoms with Crippen LogP contribution in [0.3, 0.4) is 0 Å². The van der Waals surface area contributed by atoms with Crippen LogP contribution in [0.5, 0.6) is 0 Å². The molecule has 94 valence electrons. The lowest BCUT2D eigenvalue weighted by atomic mass is 10.1. The highest BCUT2D eigenvalue weighted by molar-refractivity contribution is 7.91. The molecule has 5 nitrogen and oxygen atoms in total. The molecule has 1 aliphatic rings. The van der Waals surface area contributed by atoms with Gasteiger partial charge in [-0.2, -0.15) is 0 Å². The van der Waals surface area contributed by atoms with Crippen LogP contribution in [0.15, 0.2) is 18.3 Å². The van der Waals surface area contributed by atoms with Crippen LogP contribution in [0.2, 0.25) is 0 Å². The van der Waals surface area contributed by atoms with Crippen LogP contribution < -0.4 is 4.90 Å². The zero-order valence-corrected chi connectivity index (χ0v) is 10.5. The van der Waals surface area contributed by atoms with Gasteiger partial charge < -0.3 is 10.0 Å². The molecule has 17 heavy (non-hydrogen) atoms. The Morgan fingerprint density at radius 2 is 2.06 bits per heavy atom. The number of anilines is 1. The first-order valence-electron chi connectivity index (χ1n) is 5.57. The van der Waals surface area contributed by atoms with Crippen molar-refractivity contribution in [3.63, 3.8) is 0 Å². The van der Waals surface area contributed by atoms with Gasteiger partial charge in [0.2, 0.25) is 0 Å². The van der Waals surface area contributed by atoms with Gasteiger partial charge >= 0.3 is 0 Å². The fourth-order valence-corrected chi connectivity index (χ4v) is 3.01. The second-order valence-corrected chi connectivity index (χ2v) is 6.57. The van der Waals surface area contributed by atoms with Gasteiger partial charge in [0.15, 0.2) is 9.84 Å². The van der Waals surface area contributed by atoms with Crippen LogP contribution in [0.25, 0.3) is 0 Å². The SMILES string of the molecule is CC(O)c1ccnc(N2CCS(=O)(=O)CC2)c1. The van der Waals surface area contributed by atoms with Gasteiger partial charge in [0.25, 0.3) is 0 Å². The fraction of sp³-hybridized carbons (Fsp3) is 0.545. The van der Waals surface area contributed by atoms with Crippen molar-refractivity contribution in [1.82, 2.24) is 4.98 Å². The van der Waals surface area contributed by atoms with Gasteiger partial charge in [0, 0.05) is 19.3 Å². The molecule has 2 heterocycles. The highest BCUT2D eigenvalue weighted by Gasteiger charge is 2.22. The van der Waals surface area contributed by atoms with Crippen molar-refractivity contribution in [3.05, 3.63) is 23.9 Å². The van der Waals surface area contributed by atoms with Gasteiger partial charge in [0.1, 0.15) is 5.82 Å². The number of hydrogen-bond acceptors (Lipinski definition) is 5. The lowest BCUT2D eigenvalue weighted by Gasteiger charge is -2.28. The average molecular weight is 256 g/mol. The maximum Gasteiger partial charge on any atom is 0.153 e. The van der Waals surface area contributed by atoms with E-state index >= 15 is 0 Å². The molecule has 0 spiro atoms. The number of hydrogen-bond donors (Lipinski definition) is 1. The molecule has 0 radical (unpaired) electrons. The van der Waals surface area contributed by atoms with Crippen LogP contribution in [0.1, 0.15) is 18.6 Å². The van der Waals surface area contributed by atoms with Crippen molar-refractivity contribution in [1.29, 1.82) is 0 Å². The van der Waals surface area contributed by atoms with E-state index < -0.39 is 15.9 Å². The maximum atomic E-state index is 11.3. The second-order valence-electron chi connectivity index (χ2n) is 4.26. The summed E-state index contributed by atoms with van der Waals surface area (Å²) in [5.74, 6) is 1.08. The number of aliphatic hydroxyl groups excluding tert-OH is 1. The number of rotatable bonds is 2. The molecular formula is C11H16N2O3S. The summed E-state index contributed by atoms with van der Waals surface area (Å²) < 4.78 is 22.6. The summed E-state index contributed by atoms with van der Waals surface area (Å²) >= 11 is 0. The zero-order valence-electron chi connectivity index (χ0n) is 9.70. The average Bonchev–Trinajstić information content (AvgIpc) is 2.29. The number of aliphatic hydroxyl groups is 1. The molecule has 0 aliphatic carbocycles. The van der Waals surface area contributed by atoms with Crippen LogP contribution in [-0.2, 0) is 9.84 Å². The molecule has 0 bridgehead atoms. The highest BCUT2D eigenvalue weighted by atomic mass is 32.2. The van der Waals surface area contributed by atoms with E-state index in [9.17, 15) is 13.5 Å². The third-order valence-electron chi connectivity index (χ3n) is 2.92. The zero-order chi connectivity index (χ0) is 12.5. The summed E-state index contributed by atoms with van der Waals surface area (Å²) in [5, 5.41) is 9.49. The van der Waals surface area contributed by atoms with Crippen LogP contribution in [0.4, 0.5) is 5.82 Å². The molecule has 0 saturated carbocycles. The third kappa shape index (κ3) is 2.95. The molecule has 0 amide bonds. The topological polar surface area (TPSA) is 70.5 Å². The minimum atomic E-state index is -2.87. The van der Waals surface area contributed by atoms with Crippen molar-refractivity contribution in [2.24, 2.45) is 0 Å². The molecule has 1 aromatic heterocycles. The molecule has 1 atom stereocenters. The van der Waals surface area contributed by atoms with E-state index in [1.165, 1.54) is 0 Å². The van der Waals surface area contributed by atoms with Crippen molar-refractivity contribution in [2.45, 2.75) is 13.0 Å². The molecule has 2 rings (SSSR count). The van der Waals surface area contributed by atoms with Crippen LogP contribution in [0, 0.1) is 0 Å². The number of pyridine rings is 1. The Bertz CT molecular complexity index is 485. The second kappa shape index (κ2) is 4.62. The molecule has 1 unspecified atom stereocenters. The fourth-order valence-electron chi connectivity index (χ4n) is 1.81.